The number of rotatable bonds is 7. The zero-order chi connectivity index (χ0) is 12.9. The van der Waals surface area contributed by atoms with Gasteiger partial charge in [0.25, 0.3) is 0 Å². The highest BCUT2D eigenvalue weighted by Gasteiger charge is 2.24. The van der Waals surface area contributed by atoms with E-state index < -0.39 is 0 Å². The van der Waals surface area contributed by atoms with Crippen molar-refractivity contribution in [2.24, 2.45) is 0 Å². The second-order valence-corrected chi connectivity index (χ2v) is 4.83. The summed E-state index contributed by atoms with van der Waals surface area (Å²) in [6.07, 6.45) is 2.10. The molecule has 1 rings (SSSR count). The Balaban J connectivity index is 2.71. The molecule has 0 amide bonds. The Labute approximate surface area is 110 Å². The largest absolute Gasteiger partial charge is 0.304 e. The van der Waals surface area contributed by atoms with Crippen LogP contribution in [0.1, 0.15) is 45.0 Å². The first-order chi connectivity index (χ1) is 8.10. The first-order valence-electron chi connectivity index (χ1n) is 6.45. The predicted octanol–water partition coefficient (Wildman–Crippen LogP) is 3.10. The van der Waals surface area contributed by atoms with E-state index in [-0.39, 0.29) is 5.54 Å². The summed E-state index contributed by atoms with van der Waals surface area (Å²) in [5.41, 5.74) is 2.37. The van der Waals surface area contributed by atoms with E-state index in [1.807, 2.05) is 11.6 Å². The molecule has 1 aromatic heterocycles. The number of aryl methyl sites for hydroxylation is 2. The standard InChI is InChI=1S/C13H24ClN3/c1-5-13(6-2,10-14)15-9-12-8-11(4)16-17(12)7-3/h8,15H,5-7,9-10H2,1-4H3. The molecule has 3 nitrogen and oxygen atoms in total. The Morgan fingerprint density at radius 1 is 1.35 bits per heavy atom. The highest BCUT2D eigenvalue weighted by Crippen LogP contribution is 2.18. The minimum Gasteiger partial charge on any atom is -0.304 e. The molecule has 0 aliphatic heterocycles. The fraction of sp³-hybridized carbons (Fsp3) is 0.769. The van der Waals surface area contributed by atoms with Crippen molar-refractivity contribution in [2.45, 2.75) is 59.2 Å². The lowest BCUT2D eigenvalue weighted by Gasteiger charge is -2.30. The molecule has 17 heavy (non-hydrogen) atoms. The van der Waals surface area contributed by atoms with Crippen molar-refractivity contribution in [1.29, 1.82) is 0 Å². The molecule has 98 valence electrons. The van der Waals surface area contributed by atoms with E-state index in [2.05, 4.69) is 37.3 Å². The van der Waals surface area contributed by atoms with Crippen LogP contribution in [-0.2, 0) is 13.1 Å². The van der Waals surface area contributed by atoms with Crippen LogP contribution in [-0.4, -0.2) is 21.2 Å². The molecule has 0 fully saturated rings. The Morgan fingerprint density at radius 3 is 2.47 bits per heavy atom. The highest BCUT2D eigenvalue weighted by atomic mass is 35.5. The Kier molecular flexibility index (Phi) is 5.47. The van der Waals surface area contributed by atoms with Gasteiger partial charge in [-0.05, 0) is 32.8 Å². The van der Waals surface area contributed by atoms with E-state index in [1.54, 1.807) is 0 Å². The van der Waals surface area contributed by atoms with Crippen LogP contribution in [0.5, 0.6) is 0 Å². The number of nitrogens with zero attached hydrogens (tertiary/aromatic N) is 2. The van der Waals surface area contributed by atoms with E-state index in [1.165, 1.54) is 5.69 Å². The van der Waals surface area contributed by atoms with E-state index in [4.69, 9.17) is 11.6 Å². The van der Waals surface area contributed by atoms with Gasteiger partial charge in [-0.1, -0.05) is 13.8 Å². The summed E-state index contributed by atoms with van der Waals surface area (Å²) in [6.45, 7) is 10.3. The van der Waals surface area contributed by atoms with Crippen molar-refractivity contribution in [3.63, 3.8) is 0 Å². The lowest BCUT2D eigenvalue weighted by Crippen LogP contribution is -2.45. The quantitative estimate of drug-likeness (QED) is 0.761. The predicted molar refractivity (Wildman–Crippen MR) is 73.5 cm³/mol. The zero-order valence-electron chi connectivity index (χ0n) is 11.4. The molecule has 0 aromatic carbocycles. The van der Waals surface area contributed by atoms with Gasteiger partial charge in [0.2, 0.25) is 0 Å². The Hall–Kier alpha value is -0.540. The molecular formula is C13H24ClN3. The molecular weight excluding hydrogens is 234 g/mol. The van der Waals surface area contributed by atoms with Crippen LogP contribution in [0.25, 0.3) is 0 Å². The number of hydrogen-bond donors (Lipinski definition) is 1. The number of nitrogens with one attached hydrogen (secondary N) is 1. The van der Waals surface area contributed by atoms with Gasteiger partial charge < -0.3 is 5.32 Å². The van der Waals surface area contributed by atoms with Gasteiger partial charge in [0.1, 0.15) is 0 Å². The second-order valence-electron chi connectivity index (χ2n) is 4.57. The van der Waals surface area contributed by atoms with E-state index in [9.17, 15) is 0 Å². The molecule has 4 heteroatoms. The number of hydrogen-bond acceptors (Lipinski definition) is 2. The lowest BCUT2D eigenvalue weighted by atomic mass is 9.95. The van der Waals surface area contributed by atoms with Gasteiger partial charge >= 0.3 is 0 Å². The molecule has 0 unspecified atom stereocenters. The first kappa shape index (κ1) is 14.5. The van der Waals surface area contributed by atoms with Crippen LogP contribution >= 0.6 is 11.6 Å². The van der Waals surface area contributed by atoms with E-state index in [0.717, 1.165) is 31.6 Å². The van der Waals surface area contributed by atoms with Gasteiger partial charge in [-0.25, -0.2) is 0 Å². The number of aromatic nitrogens is 2. The molecule has 1 aromatic rings. The normalized spacial score (nSPS) is 12.1. The lowest BCUT2D eigenvalue weighted by molar-refractivity contribution is 0.329. The number of halogens is 1. The number of alkyl halides is 1. The van der Waals surface area contributed by atoms with Crippen molar-refractivity contribution in [1.82, 2.24) is 15.1 Å². The monoisotopic (exact) mass is 257 g/mol. The van der Waals surface area contributed by atoms with Gasteiger partial charge in [0.05, 0.1) is 11.4 Å². The molecule has 0 saturated heterocycles. The van der Waals surface area contributed by atoms with Gasteiger partial charge in [0, 0.05) is 24.5 Å². The summed E-state index contributed by atoms with van der Waals surface area (Å²) in [4.78, 5) is 0. The van der Waals surface area contributed by atoms with Crippen molar-refractivity contribution >= 4 is 11.6 Å². The summed E-state index contributed by atoms with van der Waals surface area (Å²) in [6, 6.07) is 2.14. The van der Waals surface area contributed by atoms with Crippen LogP contribution < -0.4 is 5.32 Å². The van der Waals surface area contributed by atoms with Crippen LogP contribution in [0.4, 0.5) is 0 Å². The Morgan fingerprint density at radius 2 is 2.00 bits per heavy atom. The highest BCUT2D eigenvalue weighted by molar-refractivity contribution is 6.18. The molecule has 1 N–H and O–H groups in total. The van der Waals surface area contributed by atoms with Crippen LogP contribution in [0, 0.1) is 6.92 Å². The van der Waals surface area contributed by atoms with Crippen LogP contribution in [0.2, 0.25) is 0 Å². The maximum atomic E-state index is 6.08. The summed E-state index contributed by atoms with van der Waals surface area (Å²) in [7, 11) is 0. The molecule has 0 bridgehead atoms. The SMILES string of the molecule is CCn1nc(C)cc1CNC(CC)(CC)CCl. The molecule has 0 aliphatic rings. The maximum absolute atomic E-state index is 6.08. The van der Waals surface area contributed by atoms with Crippen molar-refractivity contribution in [3.8, 4) is 0 Å². The third-order valence-corrected chi connectivity index (χ3v) is 4.05. The van der Waals surface area contributed by atoms with Crippen LogP contribution in [0.3, 0.4) is 0 Å². The third kappa shape index (κ3) is 3.46. The van der Waals surface area contributed by atoms with Crippen molar-refractivity contribution in [2.75, 3.05) is 5.88 Å². The molecule has 0 atom stereocenters. The fourth-order valence-electron chi connectivity index (χ4n) is 2.03. The summed E-state index contributed by atoms with van der Waals surface area (Å²) < 4.78 is 2.05. The third-order valence-electron chi connectivity index (χ3n) is 3.54. The minimum absolute atomic E-state index is 0.0539. The fourth-order valence-corrected chi connectivity index (χ4v) is 2.50. The second kappa shape index (κ2) is 6.41. The summed E-state index contributed by atoms with van der Waals surface area (Å²) in [5, 5.41) is 8.04. The van der Waals surface area contributed by atoms with Gasteiger partial charge in [-0.2, -0.15) is 5.10 Å². The summed E-state index contributed by atoms with van der Waals surface area (Å²) in [5.74, 6) is 0.652. The van der Waals surface area contributed by atoms with E-state index in [0.29, 0.717) is 5.88 Å². The van der Waals surface area contributed by atoms with Crippen molar-refractivity contribution < 1.29 is 0 Å². The first-order valence-corrected chi connectivity index (χ1v) is 6.98. The molecule has 0 radical (unpaired) electrons. The van der Waals surface area contributed by atoms with E-state index >= 15 is 0 Å². The molecule has 0 saturated carbocycles. The molecule has 0 aliphatic carbocycles. The summed E-state index contributed by atoms with van der Waals surface area (Å²) >= 11 is 6.08. The average molecular weight is 258 g/mol. The zero-order valence-corrected chi connectivity index (χ0v) is 12.1. The topological polar surface area (TPSA) is 29.9 Å². The van der Waals surface area contributed by atoms with Gasteiger partial charge in [-0.3, -0.25) is 4.68 Å². The average Bonchev–Trinajstić information content (AvgIpc) is 2.72. The Bertz CT molecular complexity index is 334. The maximum Gasteiger partial charge on any atom is 0.0597 e. The van der Waals surface area contributed by atoms with Gasteiger partial charge in [0.15, 0.2) is 0 Å². The van der Waals surface area contributed by atoms with Crippen LogP contribution in [0.15, 0.2) is 6.07 Å². The van der Waals surface area contributed by atoms with Crippen molar-refractivity contribution in [3.05, 3.63) is 17.5 Å². The molecule has 0 spiro atoms. The van der Waals surface area contributed by atoms with Gasteiger partial charge in [-0.15, -0.1) is 11.6 Å². The minimum atomic E-state index is 0.0539. The molecule has 1 heterocycles. The smallest absolute Gasteiger partial charge is 0.0597 e.